The molecule has 1 amide bonds. The van der Waals surface area contributed by atoms with E-state index in [1.165, 1.54) is 6.42 Å². The summed E-state index contributed by atoms with van der Waals surface area (Å²) < 4.78 is 4.99. The molecule has 1 saturated carbocycles. The molecule has 2 rings (SSSR count). The maximum atomic E-state index is 11.0. The number of alkyl carbamates (subject to hydrolysis) is 1. The van der Waals surface area contributed by atoms with Crippen molar-refractivity contribution >= 4 is 6.09 Å². The Balaban J connectivity index is 2.09. The van der Waals surface area contributed by atoms with Crippen LogP contribution in [0.25, 0.3) is 0 Å². The van der Waals surface area contributed by atoms with Crippen LogP contribution in [0.1, 0.15) is 33.1 Å². The number of amides is 1. The molecule has 13 heavy (non-hydrogen) atoms. The zero-order valence-corrected chi connectivity index (χ0v) is 8.30. The first kappa shape index (κ1) is 8.85. The molecule has 0 aromatic carbocycles. The van der Waals surface area contributed by atoms with Crippen LogP contribution < -0.4 is 5.32 Å². The zero-order valence-electron chi connectivity index (χ0n) is 8.30. The lowest BCUT2D eigenvalue weighted by Gasteiger charge is -2.38. The van der Waals surface area contributed by atoms with Gasteiger partial charge in [-0.15, -0.1) is 0 Å². The molecule has 0 aromatic heterocycles. The topological polar surface area (TPSA) is 38.3 Å². The quantitative estimate of drug-likeness (QED) is 0.623. The van der Waals surface area contributed by atoms with E-state index in [2.05, 4.69) is 19.2 Å². The van der Waals surface area contributed by atoms with Crippen molar-refractivity contribution in [3.8, 4) is 0 Å². The molecule has 1 N–H and O–H groups in total. The highest BCUT2D eigenvalue weighted by Gasteiger charge is 2.44. The summed E-state index contributed by atoms with van der Waals surface area (Å²) in [5.74, 6) is 1.40. The Bertz CT molecular complexity index is 217. The number of rotatable bonds is 0. The largest absolute Gasteiger partial charge is 0.447 e. The van der Waals surface area contributed by atoms with Crippen LogP contribution in [-0.2, 0) is 4.74 Å². The molecule has 1 saturated heterocycles. The van der Waals surface area contributed by atoms with Crippen LogP contribution in [0.15, 0.2) is 0 Å². The number of carbonyl (C=O) groups is 1. The van der Waals surface area contributed by atoms with Gasteiger partial charge in [0.2, 0.25) is 0 Å². The first-order valence-electron chi connectivity index (χ1n) is 5.05. The standard InChI is InChI=1S/C10H17NO2/c1-7-3-8(2)5-10(4-7)6-13-9(12)11-10/h7-8H,3-6H2,1-2H3,(H,11,12). The Hall–Kier alpha value is -0.730. The van der Waals surface area contributed by atoms with E-state index >= 15 is 0 Å². The molecule has 2 aliphatic rings. The van der Waals surface area contributed by atoms with Gasteiger partial charge in [-0.25, -0.2) is 4.79 Å². The third kappa shape index (κ3) is 1.64. The van der Waals surface area contributed by atoms with E-state index in [1.807, 2.05) is 0 Å². The number of hydrogen-bond donors (Lipinski definition) is 1. The highest BCUT2D eigenvalue weighted by atomic mass is 16.6. The van der Waals surface area contributed by atoms with Crippen molar-refractivity contribution in [1.82, 2.24) is 5.32 Å². The van der Waals surface area contributed by atoms with Crippen LogP contribution in [0, 0.1) is 11.8 Å². The van der Waals surface area contributed by atoms with Gasteiger partial charge in [0.1, 0.15) is 6.61 Å². The van der Waals surface area contributed by atoms with Crippen LogP contribution >= 0.6 is 0 Å². The lowest BCUT2D eigenvalue weighted by Crippen LogP contribution is -2.48. The summed E-state index contributed by atoms with van der Waals surface area (Å²) in [6, 6.07) is 0. The van der Waals surface area contributed by atoms with Crippen LogP contribution in [0.3, 0.4) is 0 Å². The van der Waals surface area contributed by atoms with Crippen LogP contribution in [-0.4, -0.2) is 18.2 Å². The molecule has 1 spiro atoms. The van der Waals surface area contributed by atoms with E-state index in [9.17, 15) is 4.79 Å². The second-order valence-electron chi connectivity index (χ2n) is 4.84. The summed E-state index contributed by atoms with van der Waals surface area (Å²) in [7, 11) is 0. The van der Waals surface area contributed by atoms with Gasteiger partial charge in [0.15, 0.2) is 0 Å². The Morgan fingerprint density at radius 3 is 2.46 bits per heavy atom. The highest BCUT2D eigenvalue weighted by molar-refractivity contribution is 5.70. The Kier molecular flexibility index (Phi) is 1.97. The van der Waals surface area contributed by atoms with Gasteiger partial charge in [0.25, 0.3) is 0 Å². The molecule has 3 heteroatoms. The summed E-state index contributed by atoms with van der Waals surface area (Å²) in [6.45, 7) is 5.07. The number of nitrogens with one attached hydrogen (secondary N) is 1. The minimum absolute atomic E-state index is 0.0336. The fraction of sp³-hybridized carbons (Fsp3) is 0.900. The summed E-state index contributed by atoms with van der Waals surface area (Å²) in [6.07, 6.45) is 3.19. The van der Waals surface area contributed by atoms with Gasteiger partial charge in [-0.2, -0.15) is 0 Å². The fourth-order valence-corrected chi connectivity index (χ4v) is 2.98. The molecule has 0 aromatic rings. The van der Waals surface area contributed by atoms with E-state index in [4.69, 9.17) is 4.74 Å². The molecular weight excluding hydrogens is 166 g/mol. The predicted molar refractivity (Wildman–Crippen MR) is 49.4 cm³/mol. The van der Waals surface area contributed by atoms with Crippen molar-refractivity contribution < 1.29 is 9.53 Å². The van der Waals surface area contributed by atoms with Gasteiger partial charge in [-0.3, -0.25) is 0 Å². The number of carbonyl (C=O) groups excluding carboxylic acids is 1. The average Bonchev–Trinajstić information content (AvgIpc) is 2.28. The minimum atomic E-state index is -0.235. The van der Waals surface area contributed by atoms with Crippen molar-refractivity contribution in [2.24, 2.45) is 11.8 Å². The van der Waals surface area contributed by atoms with Gasteiger partial charge in [-0.05, 0) is 31.1 Å². The Labute approximate surface area is 78.8 Å². The highest BCUT2D eigenvalue weighted by Crippen LogP contribution is 2.37. The molecular formula is C10H17NO2. The molecule has 74 valence electrons. The first-order chi connectivity index (χ1) is 6.10. The summed E-state index contributed by atoms with van der Waals surface area (Å²) in [5.41, 5.74) is -0.0336. The molecule has 2 unspecified atom stereocenters. The Morgan fingerprint density at radius 2 is 2.00 bits per heavy atom. The SMILES string of the molecule is CC1CC(C)CC2(COC(=O)N2)C1. The second kappa shape index (κ2) is 2.89. The lowest BCUT2D eigenvalue weighted by atomic mass is 9.72. The van der Waals surface area contributed by atoms with E-state index in [1.54, 1.807) is 0 Å². The van der Waals surface area contributed by atoms with Crippen molar-refractivity contribution in [3.63, 3.8) is 0 Å². The molecule has 0 radical (unpaired) electrons. The van der Waals surface area contributed by atoms with E-state index in [0.29, 0.717) is 18.4 Å². The maximum absolute atomic E-state index is 11.0. The van der Waals surface area contributed by atoms with Gasteiger partial charge < -0.3 is 10.1 Å². The Morgan fingerprint density at radius 1 is 1.38 bits per heavy atom. The average molecular weight is 183 g/mol. The van der Waals surface area contributed by atoms with Gasteiger partial charge in [0.05, 0.1) is 5.54 Å². The first-order valence-corrected chi connectivity index (χ1v) is 5.05. The van der Waals surface area contributed by atoms with Crippen LogP contribution in [0.4, 0.5) is 4.79 Å². The van der Waals surface area contributed by atoms with Gasteiger partial charge >= 0.3 is 6.09 Å². The summed E-state index contributed by atoms with van der Waals surface area (Å²) in [4.78, 5) is 11.0. The van der Waals surface area contributed by atoms with Gasteiger partial charge in [0, 0.05) is 0 Å². The number of cyclic esters (lactones) is 1. The fourth-order valence-electron chi connectivity index (χ4n) is 2.98. The molecule has 3 nitrogen and oxygen atoms in total. The van der Waals surface area contributed by atoms with Gasteiger partial charge in [-0.1, -0.05) is 13.8 Å². The van der Waals surface area contributed by atoms with E-state index < -0.39 is 0 Å². The number of ether oxygens (including phenoxy) is 1. The third-order valence-corrected chi connectivity index (χ3v) is 3.13. The zero-order chi connectivity index (χ0) is 9.47. The minimum Gasteiger partial charge on any atom is -0.447 e. The van der Waals surface area contributed by atoms with Crippen molar-refractivity contribution in [1.29, 1.82) is 0 Å². The van der Waals surface area contributed by atoms with E-state index in [-0.39, 0.29) is 11.6 Å². The maximum Gasteiger partial charge on any atom is 0.407 e. The van der Waals surface area contributed by atoms with Crippen LogP contribution in [0.2, 0.25) is 0 Å². The number of hydrogen-bond acceptors (Lipinski definition) is 2. The predicted octanol–water partition coefficient (Wildman–Crippen LogP) is 1.92. The second-order valence-corrected chi connectivity index (χ2v) is 4.84. The van der Waals surface area contributed by atoms with Crippen molar-refractivity contribution in [2.75, 3.05) is 6.61 Å². The smallest absolute Gasteiger partial charge is 0.407 e. The van der Waals surface area contributed by atoms with Crippen LogP contribution in [0.5, 0.6) is 0 Å². The van der Waals surface area contributed by atoms with E-state index in [0.717, 1.165) is 12.8 Å². The summed E-state index contributed by atoms with van der Waals surface area (Å²) in [5, 5.41) is 2.97. The lowest BCUT2D eigenvalue weighted by molar-refractivity contribution is 0.134. The third-order valence-electron chi connectivity index (χ3n) is 3.13. The molecule has 1 aliphatic carbocycles. The van der Waals surface area contributed by atoms with Crippen molar-refractivity contribution in [2.45, 2.75) is 38.6 Å². The molecule has 2 fully saturated rings. The molecule has 2 atom stereocenters. The molecule has 1 aliphatic heterocycles. The molecule has 0 bridgehead atoms. The summed E-state index contributed by atoms with van der Waals surface area (Å²) >= 11 is 0. The van der Waals surface area contributed by atoms with Crippen molar-refractivity contribution in [3.05, 3.63) is 0 Å². The monoisotopic (exact) mass is 183 g/mol. The molecule has 1 heterocycles. The normalized spacial score (nSPS) is 44.6.